The largest absolute Gasteiger partial charge is 0.423 e. The number of nitrogens with one attached hydrogen (secondary N) is 1. The van der Waals surface area contributed by atoms with Crippen LogP contribution in [0.15, 0.2) is 39.5 Å². The first-order valence-electron chi connectivity index (χ1n) is 9.12. The Morgan fingerprint density at radius 3 is 2.68 bits per heavy atom. The Labute approximate surface area is 160 Å². The van der Waals surface area contributed by atoms with E-state index in [4.69, 9.17) is 14.3 Å². The van der Waals surface area contributed by atoms with E-state index in [2.05, 4.69) is 5.32 Å². The molecule has 1 aliphatic heterocycles. The van der Waals surface area contributed by atoms with Crippen molar-refractivity contribution in [3.63, 3.8) is 0 Å². The Morgan fingerprint density at radius 2 is 2.00 bits per heavy atom. The molecule has 1 saturated heterocycles. The monoisotopic (exact) mass is 395 g/mol. The lowest BCUT2D eigenvalue weighted by atomic mass is 9.87. The van der Waals surface area contributed by atoms with Crippen LogP contribution in [0.2, 0.25) is 0 Å². The third kappa shape index (κ3) is 4.19. The van der Waals surface area contributed by atoms with Gasteiger partial charge in [0.15, 0.2) is 5.79 Å². The maximum Gasteiger partial charge on any atom is 0.336 e. The molecule has 0 aliphatic carbocycles. The van der Waals surface area contributed by atoms with Crippen LogP contribution in [0.25, 0.3) is 11.0 Å². The normalized spacial score (nSPS) is 30.1. The fourth-order valence-electron chi connectivity index (χ4n) is 3.41. The third-order valence-electron chi connectivity index (χ3n) is 5.08. The molecule has 6 N–H and O–H groups in total. The molecule has 154 valence electrons. The smallest absolute Gasteiger partial charge is 0.336 e. The molecule has 1 fully saturated rings. The summed E-state index contributed by atoms with van der Waals surface area (Å²) in [7, 11) is 0. The molecule has 0 unspecified atom stereocenters. The van der Waals surface area contributed by atoms with E-state index in [0.29, 0.717) is 16.7 Å². The minimum Gasteiger partial charge on any atom is -0.423 e. The van der Waals surface area contributed by atoms with Crippen molar-refractivity contribution < 1.29 is 34.7 Å². The summed E-state index contributed by atoms with van der Waals surface area (Å²) in [6.07, 6.45) is -5.36. The van der Waals surface area contributed by atoms with Gasteiger partial charge in [0.05, 0.1) is 18.8 Å². The molecular formula is C19H25NO8. The maximum absolute atomic E-state index is 11.4. The van der Waals surface area contributed by atoms with Gasteiger partial charge in [0.1, 0.15) is 23.9 Å². The number of anilines is 1. The molecule has 1 aromatic carbocycles. The number of aliphatic hydroxyl groups is 5. The van der Waals surface area contributed by atoms with Crippen molar-refractivity contribution in [1.29, 1.82) is 0 Å². The van der Waals surface area contributed by atoms with E-state index in [1.807, 2.05) is 0 Å². The van der Waals surface area contributed by atoms with E-state index in [1.54, 1.807) is 31.2 Å². The maximum atomic E-state index is 11.4. The minimum absolute atomic E-state index is 0.109. The second kappa shape index (κ2) is 8.16. The molecule has 0 saturated carbocycles. The van der Waals surface area contributed by atoms with E-state index in [-0.39, 0.29) is 12.8 Å². The first kappa shape index (κ1) is 20.7. The number of hydrogen-bond donors (Lipinski definition) is 6. The summed E-state index contributed by atoms with van der Waals surface area (Å²) in [4.78, 5) is 11.4. The van der Waals surface area contributed by atoms with Crippen molar-refractivity contribution in [2.45, 2.75) is 56.0 Å². The number of rotatable bonds is 6. The molecule has 0 amide bonds. The summed E-state index contributed by atoms with van der Waals surface area (Å²) < 4.78 is 10.8. The Hall–Kier alpha value is -2.01. The Kier molecular flexibility index (Phi) is 6.04. The van der Waals surface area contributed by atoms with Gasteiger partial charge in [0, 0.05) is 29.6 Å². The molecule has 2 aromatic rings. The fraction of sp³-hybridized carbons (Fsp3) is 0.526. The third-order valence-corrected chi connectivity index (χ3v) is 5.08. The van der Waals surface area contributed by atoms with Gasteiger partial charge >= 0.3 is 5.63 Å². The van der Waals surface area contributed by atoms with Crippen molar-refractivity contribution in [2.75, 3.05) is 11.9 Å². The summed E-state index contributed by atoms with van der Waals surface area (Å²) in [6.45, 7) is 0.952. The van der Waals surface area contributed by atoms with Gasteiger partial charge in [-0.15, -0.1) is 0 Å². The summed E-state index contributed by atoms with van der Waals surface area (Å²) in [5.41, 5.74) is 0.312. The number of fused-ring (bicyclic) bond motifs is 1. The van der Waals surface area contributed by atoms with Gasteiger partial charge < -0.3 is 40.0 Å². The zero-order valence-electron chi connectivity index (χ0n) is 15.4. The van der Waals surface area contributed by atoms with E-state index < -0.39 is 48.5 Å². The zero-order valence-corrected chi connectivity index (χ0v) is 15.4. The number of aliphatic hydroxyl groups excluding tert-OH is 4. The first-order valence-corrected chi connectivity index (χ1v) is 9.12. The lowest BCUT2D eigenvalue weighted by Crippen LogP contribution is -2.63. The fourth-order valence-corrected chi connectivity index (χ4v) is 3.41. The number of hydrogen-bond acceptors (Lipinski definition) is 9. The van der Waals surface area contributed by atoms with Crippen LogP contribution in [0.4, 0.5) is 5.69 Å². The number of benzene rings is 1. The van der Waals surface area contributed by atoms with Crippen molar-refractivity contribution in [2.24, 2.45) is 0 Å². The van der Waals surface area contributed by atoms with Gasteiger partial charge in [-0.1, -0.05) is 6.92 Å². The quantitative estimate of drug-likeness (QED) is 0.357. The molecule has 0 spiro atoms. The molecule has 0 radical (unpaired) electrons. The van der Waals surface area contributed by atoms with Gasteiger partial charge in [-0.05, 0) is 24.6 Å². The van der Waals surface area contributed by atoms with Gasteiger partial charge in [-0.25, -0.2) is 4.79 Å². The highest BCUT2D eigenvalue weighted by Crippen LogP contribution is 2.34. The lowest BCUT2D eigenvalue weighted by molar-refractivity contribution is -0.297. The Bertz CT molecular complexity index is 870. The summed E-state index contributed by atoms with van der Waals surface area (Å²) in [6, 6.07) is 7.00. The Morgan fingerprint density at radius 1 is 1.29 bits per heavy atom. The van der Waals surface area contributed by atoms with Crippen LogP contribution in [0.3, 0.4) is 0 Å². The van der Waals surface area contributed by atoms with Gasteiger partial charge in [-0.3, -0.25) is 0 Å². The second-order valence-electron chi connectivity index (χ2n) is 7.07. The molecule has 28 heavy (non-hydrogen) atoms. The standard InChI is InChI=1S/C19H25NO8/c1-2-19(26)8-12(22)16(18(28-19)17(25)13(23)9-21)20-11-5-3-10-4-6-15(24)27-14(10)7-11/h3-7,12-13,16-18,20-23,25-26H,2,8-9H2,1H3/t12-,13+,16+,17+,18+,19+/m0/s1. The topological polar surface area (TPSA) is 153 Å². The average Bonchev–Trinajstić information content (AvgIpc) is 2.68. The number of ether oxygens (including phenoxy) is 1. The second-order valence-corrected chi connectivity index (χ2v) is 7.07. The molecule has 6 atom stereocenters. The van der Waals surface area contributed by atoms with Crippen molar-refractivity contribution in [1.82, 2.24) is 0 Å². The zero-order chi connectivity index (χ0) is 20.5. The molecule has 2 heterocycles. The van der Waals surface area contributed by atoms with Gasteiger partial charge in [0.25, 0.3) is 0 Å². The minimum atomic E-state index is -1.67. The SMILES string of the molecule is CC[C@]1(O)C[C@H](O)[C@@H](Nc2ccc3ccc(=O)oc3c2)[C@H]([C@H](O)[C@H](O)CO)O1. The van der Waals surface area contributed by atoms with E-state index in [0.717, 1.165) is 0 Å². The molecule has 9 heteroatoms. The molecule has 3 rings (SSSR count). The van der Waals surface area contributed by atoms with Crippen molar-refractivity contribution in [3.8, 4) is 0 Å². The highest BCUT2D eigenvalue weighted by Gasteiger charge is 2.48. The average molecular weight is 395 g/mol. The van der Waals surface area contributed by atoms with Crippen LogP contribution in [0.1, 0.15) is 19.8 Å². The highest BCUT2D eigenvalue weighted by molar-refractivity contribution is 5.80. The summed E-state index contributed by atoms with van der Waals surface area (Å²) in [5.74, 6) is -1.67. The first-order chi connectivity index (χ1) is 13.3. The molecular weight excluding hydrogens is 370 g/mol. The summed E-state index contributed by atoms with van der Waals surface area (Å²) in [5, 5.41) is 54.2. The predicted octanol–water partition coefficient (Wildman–Crippen LogP) is -0.464. The summed E-state index contributed by atoms with van der Waals surface area (Å²) >= 11 is 0. The van der Waals surface area contributed by atoms with Crippen LogP contribution < -0.4 is 10.9 Å². The molecule has 1 aliphatic rings. The molecule has 1 aromatic heterocycles. The van der Waals surface area contributed by atoms with Crippen LogP contribution in [0.5, 0.6) is 0 Å². The highest BCUT2D eigenvalue weighted by atomic mass is 16.6. The van der Waals surface area contributed by atoms with Crippen molar-refractivity contribution in [3.05, 3.63) is 40.8 Å². The van der Waals surface area contributed by atoms with Crippen molar-refractivity contribution >= 4 is 16.7 Å². The molecule has 0 bridgehead atoms. The molecule has 9 nitrogen and oxygen atoms in total. The van der Waals surface area contributed by atoms with E-state index in [1.165, 1.54) is 6.07 Å². The van der Waals surface area contributed by atoms with Crippen LogP contribution >= 0.6 is 0 Å². The predicted molar refractivity (Wildman–Crippen MR) is 99.7 cm³/mol. The van der Waals surface area contributed by atoms with E-state index in [9.17, 15) is 25.2 Å². The van der Waals surface area contributed by atoms with E-state index >= 15 is 0 Å². The van der Waals surface area contributed by atoms with Gasteiger partial charge in [0.2, 0.25) is 0 Å². The Balaban J connectivity index is 1.91. The van der Waals surface area contributed by atoms with Crippen LogP contribution in [-0.2, 0) is 4.74 Å². The van der Waals surface area contributed by atoms with Crippen LogP contribution in [0, 0.1) is 0 Å². The van der Waals surface area contributed by atoms with Gasteiger partial charge in [-0.2, -0.15) is 0 Å². The lowest BCUT2D eigenvalue weighted by Gasteiger charge is -2.46. The van der Waals surface area contributed by atoms with Crippen LogP contribution in [-0.4, -0.2) is 68.4 Å².